The molecule has 0 fully saturated rings. The Labute approximate surface area is 65.5 Å². The summed E-state index contributed by atoms with van der Waals surface area (Å²) in [5, 5.41) is 0.730. The number of rotatable bonds is 1. The first kappa shape index (κ1) is 7.76. The minimum absolute atomic E-state index is 0.697. The third-order valence-electron chi connectivity index (χ3n) is 1.64. The summed E-state index contributed by atoms with van der Waals surface area (Å²) < 4.78 is 0. The summed E-state index contributed by atoms with van der Waals surface area (Å²) in [4.78, 5) is 12.4. The molecule has 0 amide bonds. The van der Waals surface area contributed by atoms with Crippen LogP contribution < -0.4 is 0 Å². The summed E-state index contributed by atoms with van der Waals surface area (Å²) in [7, 11) is 1.98. The molecule has 3 heteroatoms. The van der Waals surface area contributed by atoms with Crippen LogP contribution in [0, 0.1) is 0 Å². The Kier molecular flexibility index (Phi) is 2.46. The van der Waals surface area contributed by atoms with Gasteiger partial charge in [-0.05, 0) is 13.5 Å². The smallest absolute Gasteiger partial charge is 0.148 e. The van der Waals surface area contributed by atoms with Crippen LogP contribution in [-0.4, -0.2) is 31.3 Å². The average molecular weight is 160 g/mol. The van der Waals surface area contributed by atoms with E-state index >= 15 is 0 Å². The molecule has 0 aromatic carbocycles. The van der Waals surface area contributed by atoms with Gasteiger partial charge in [0.1, 0.15) is 6.29 Å². The van der Waals surface area contributed by atoms with Gasteiger partial charge >= 0.3 is 0 Å². The van der Waals surface area contributed by atoms with E-state index < -0.39 is 0 Å². The van der Waals surface area contributed by atoms with Gasteiger partial charge in [-0.1, -0.05) is 11.6 Å². The maximum atomic E-state index is 10.3. The van der Waals surface area contributed by atoms with Gasteiger partial charge in [-0.3, -0.25) is 4.79 Å². The molecule has 1 heterocycles. The molecule has 0 N–H and O–H groups in total. The van der Waals surface area contributed by atoms with Gasteiger partial charge in [0.2, 0.25) is 0 Å². The van der Waals surface area contributed by atoms with Gasteiger partial charge in [-0.15, -0.1) is 0 Å². The van der Waals surface area contributed by atoms with E-state index in [-0.39, 0.29) is 0 Å². The SMILES string of the molecule is CN1CCC(Cl)=C(C=O)C1. The Balaban J connectivity index is 2.71. The second-order valence-electron chi connectivity index (χ2n) is 2.54. The van der Waals surface area contributed by atoms with E-state index in [9.17, 15) is 4.79 Å². The van der Waals surface area contributed by atoms with Gasteiger partial charge in [-0.25, -0.2) is 0 Å². The van der Waals surface area contributed by atoms with Crippen LogP contribution in [0.5, 0.6) is 0 Å². The molecule has 0 aromatic heterocycles. The van der Waals surface area contributed by atoms with E-state index in [2.05, 4.69) is 4.90 Å². The number of likely N-dealkylation sites (N-methyl/N-ethyl adjacent to an activating group) is 1. The molecule has 1 aliphatic rings. The monoisotopic (exact) mass is 159 g/mol. The minimum Gasteiger partial charge on any atom is -0.302 e. The van der Waals surface area contributed by atoms with Crippen LogP contribution in [0.4, 0.5) is 0 Å². The van der Waals surface area contributed by atoms with Gasteiger partial charge in [0.15, 0.2) is 0 Å². The Morgan fingerprint density at radius 2 is 2.40 bits per heavy atom. The first-order valence-corrected chi connectivity index (χ1v) is 3.63. The molecule has 56 valence electrons. The van der Waals surface area contributed by atoms with Crippen LogP contribution in [0.15, 0.2) is 10.6 Å². The van der Waals surface area contributed by atoms with Crippen LogP contribution >= 0.6 is 11.6 Å². The summed E-state index contributed by atoms with van der Waals surface area (Å²) in [5.74, 6) is 0. The molecule has 0 saturated heterocycles. The lowest BCUT2D eigenvalue weighted by molar-refractivity contribution is -0.105. The van der Waals surface area contributed by atoms with Gasteiger partial charge in [0.05, 0.1) is 0 Å². The molecule has 0 aromatic rings. The highest BCUT2D eigenvalue weighted by Crippen LogP contribution is 2.18. The molecule has 0 aliphatic carbocycles. The third-order valence-corrected chi connectivity index (χ3v) is 2.08. The number of hydrogen-bond donors (Lipinski definition) is 0. The van der Waals surface area contributed by atoms with Crippen molar-refractivity contribution in [1.82, 2.24) is 4.90 Å². The van der Waals surface area contributed by atoms with Crippen molar-refractivity contribution >= 4 is 17.9 Å². The summed E-state index contributed by atoms with van der Waals surface area (Å²) in [6, 6.07) is 0. The van der Waals surface area contributed by atoms with E-state index in [4.69, 9.17) is 11.6 Å². The van der Waals surface area contributed by atoms with Crippen LogP contribution in [0.1, 0.15) is 6.42 Å². The molecule has 0 radical (unpaired) electrons. The predicted octanol–water partition coefficient (Wildman–Crippen LogP) is 1.01. The first-order valence-electron chi connectivity index (χ1n) is 3.25. The minimum atomic E-state index is 0.697. The lowest BCUT2D eigenvalue weighted by Crippen LogP contribution is -2.27. The number of carbonyl (C=O) groups excluding carboxylic acids is 1. The van der Waals surface area contributed by atoms with E-state index in [0.29, 0.717) is 6.54 Å². The van der Waals surface area contributed by atoms with Crippen molar-refractivity contribution in [3.8, 4) is 0 Å². The molecule has 10 heavy (non-hydrogen) atoms. The fourth-order valence-corrected chi connectivity index (χ4v) is 1.20. The zero-order valence-corrected chi connectivity index (χ0v) is 6.69. The van der Waals surface area contributed by atoms with Crippen LogP contribution in [0.3, 0.4) is 0 Å². The van der Waals surface area contributed by atoms with Crippen molar-refractivity contribution in [1.29, 1.82) is 0 Å². The Morgan fingerprint density at radius 3 is 2.90 bits per heavy atom. The van der Waals surface area contributed by atoms with Crippen molar-refractivity contribution in [2.24, 2.45) is 0 Å². The van der Waals surface area contributed by atoms with Crippen molar-refractivity contribution in [3.63, 3.8) is 0 Å². The highest BCUT2D eigenvalue weighted by atomic mass is 35.5. The zero-order valence-electron chi connectivity index (χ0n) is 5.93. The molecule has 0 unspecified atom stereocenters. The van der Waals surface area contributed by atoms with Crippen molar-refractivity contribution < 1.29 is 4.79 Å². The normalized spacial score (nSPS) is 21.4. The van der Waals surface area contributed by atoms with Crippen molar-refractivity contribution in [2.45, 2.75) is 6.42 Å². The van der Waals surface area contributed by atoms with E-state index in [0.717, 1.165) is 29.9 Å². The maximum absolute atomic E-state index is 10.3. The predicted molar refractivity (Wildman–Crippen MR) is 41.1 cm³/mol. The molecule has 2 nitrogen and oxygen atoms in total. The average Bonchev–Trinajstić information content (AvgIpc) is 1.94. The molecular formula is C7H10ClNO. The Morgan fingerprint density at radius 1 is 1.70 bits per heavy atom. The maximum Gasteiger partial charge on any atom is 0.148 e. The van der Waals surface area contributed by atoms with E-state index in [1.807, 2.05) is 7.05 Å². The molecule has 0 atom stereocenters. The molecular weight excluding hydrogens is 150 g/mol. The highest BCUT2D eigenvalue weighted by Gasteiger charge is 2.13. The lowest BCUT2D eigenvalue weighted by atomic mass is 10.1. The molecule has 0 bridgehead atoms. The summed E-state index contributed by atoms with van der Waals surface area (Å²) in [5.41, 5.74) is 0.732. The highest BCUT2D eigenvalue weighted by molar-refractivity contribution is 6.31. The van der Waals surface area contributed by atoms with E-state index in [1.165, 1.54) is 0 Å². The van der Waals surface area contributed by atoms with Crippen molar-refractivity contribution in [2.75, 3.05) is 20.1 Å². The van der Waals surface area contributed by atoms with E-state index in [1.54, 1.807) is 0 Å². The number of halogens is 1. The van der Waals surface area contributed by atoms with Crippen LogP contribution in [-0.2, 0) is 4.79 Å². The quantitative estimate of drug-likeness (QED) is 0.533. The fraction of sp³-hybridized carbons (Fsp3) is 0.571. The fourth-order valence-electron chi connectivity index (χ4n) is 1.01. The number of nitrogens with zero attached hydrogens (tertiary/aromatic N) is 1. The zero-order chi connectivity index (χ0) is 7.56. The first-order chi connectivity index (χ1) is 4.74. The largest absolute Gasteiger partial charge is 0.302 e. The Hall–Kier alpha value is -0.340. The van der Waals surface area contributed by atoms with Crippen molar-refractivity contribution in [3.05, 3.63) is 10.6 Å². The Bertz CT molecular complexity index is 176. The molecule has 1 rings (SSSR count). The second-order valence-corrected chi connectivity index (χ2v) is 2.99. The third kappa shape index (κ3) is 1.58. The molecule has 1 aliphatic heterocycles. The molecule has 0 spiro atoms. The number of aldehydes is 1. The molecule has 0 saturated carbocycles. The standard InChI is InChI=1S/C7H10ClNO/c1-9-3-2-7(8)6(4-9)5-10/h5H,2-4H2,1H3. The van der Waals surface area contributed by atoms with Gasteiger partial charge in [0, 0.05) is 23.7 Å². The van der Waals surface area contributed by atoms with Gasteiger partial charge in [0.25, 0.3) is 0 Å². The van der Waals surface area contributed by atoms with Gasteiger partial charge in [-0.2, -0.15) is 0 Å². The number of carbonyl (C=O) groups is 1. The summed E-state index contributed by atoms with van der Waals surface area (Å²) in [6.45, 7) is 1.65. The topological polar surface area (TPSA) is 20.3 Å². The lowest BCUT2D eigenvalue weighted by Gasteiger charge is -2.21. The summed E-state index contributed by atoms with van der Waals surface area (Å²) in [6.07, 6.45) is 1.66. The number of hydrogen-bond acceptors (Lipinski definition) is 2. The second kappa shape index (κ2) is 3.17. The summed E-state index contributed by atoms with van der Waals surface area (Å²) >= 11 is 5.77. The van der Waals surface area contributed by atoms with Crippen LogP contribution in [0.2, 0.25) is 0 Å². The van der Waals surface area contributed by atoms with Crippen LogP contribution in [0.25, 0.3) is 0 Å². The van der Waals surface area contributed by atoms with Gasteiger partial charge < -0.3 is 4.90 Å².